The number of pyridine rings is 2. The molecule has 2 heterocycles. The molecule has 2 aromatic heterocycles. The molecule has 2 heteroatoms. The molecule has 30 heavy (non-hydrogen) atoms. The van der Waals surface area contributed by atoms with Crippen LogP contribution in [0.1, 0.15) is 27.8 Å². The first kappa shape index (κ1) is 18.7. The number of hydrogen-bond donors (Lipinski definition) is 0. The summed E-state index contributed by atoms with van der Waals surface area (Å²) in [4.78, 5) is 0. The quantitative estimate of drug-likeness (QED) is 0.366. The van der Waals surface area contributed by atoms with Crippen molar-refractivity contribution in [2.24, 2.45) is 14.1 Å². The molecule has 1 aliphatic carbocycles. The van der Waals surface area contributed by atoms with E-state index >= 15 is 0 Å². The second-order valence-corrected chi connectivity index (χ2v) is 8.65. The van der Waals surface area contributed by atoms with E-state index in [1.807, 2.05) is 0 Å². The highest BCUT2D eigenvalue weighted by molar-refractivity contribution is 5.78. The van der Waals surface area contributed by atoms with Crippen LogP contribution >= 0.6 is 0 Å². The topological polar surface area (TPSA) is 7.76 Å². The summed E-state index contributed by atoms with van der Waals surface area (Å²) in [5, 5.41) is 0. The molecule has 2 aromatic carbocycles. The Bertz CT molecular complexity index is 1310. The van der Waals surface area contributed by atoms with E-state index in [1.54, 1.807) is 0 Å². The number of nitrogens with zero attached hydrogens (tertiary/aromatic N) is 2. The molecular formula is C28H28N2+2. The molecule has 0 fully saturated rings. The molecule has 0 bridgehead atoms. The van der Waals surface area contributed by atoms with Crippen molar-refractivity contribution in [1.82, 2.24) is 0 Å². The maximum absolute atomic E-state index is 2.37. The first-order chi connectivity index (χ1) is 14.4. The Morgan fingerprint density at radius 3 is 2.27 bits per heavy atom. The molecule has 0 radical (unpaired) electrons. The Labute approximate surface area is 179 Å². The number of hydrogen-bond acceptors (Lipinski definition) is 0. The van der Waals surface area contributed by atoms with Gasteiger partial charge in [-0.25, -0.2) is 0 Å². The van der Waals surface area contributed by atoms with Gasteiger partial charge in [0.2, 0.25) is 5.69 Å². The van der Waals surface area contributed by atoms with Gasteiger partial charge in [-0.3, -0.25) is 0 Å². The Hall–Kier alpha value is -3.26. The molecule has 1 aliphatic rings. The molecule has 0 saturated carbocycles. The van der Waals surface area contributed by atoms with Crippen LogP contribution in [0.3, 0.4) is 0 Å². The van der Waals surface area contributed by atoms with Crippen LogP contribution in [0.5, 0.6) is 0 Å². The summed E-state index contributed by atoms with van der Waals surface area (Å²) in [6.07, 6.45) is 3.33. The van der Waals surface area contributed by atoms with Crippen molar-refractivity contribution >= 4 is 0 Å². The zero-order valence-corrected chi connectivity index (χ0v) is 18.5. The smallest absolute Gasteiger partial charge is 0.196 e. The van der Waals surface area contributed by atoms with Crippen molar-refractivity contribution in [3.05, 3.63) is 94.7 Å². The highest BCUT2D eigenvalue weighted by Crippen LogP contribution is 2.37. The van der Waals surface area contributed by atoms with E-state index in [0.717, 1.165) is 6.42 Å². The molecule has 2 nitrogen and oxygen atoms in total. The average molecular weight is 393 g/mol. The fraction of sp³-hybridized carbons (Fsp3) is 0.214. The van der Waals surface area contributed by atoms with Crippen LogP contribution in [0.4, 0.5) is 0 Å². The maximum atomic E-state index is 2.37. The third kappa shape index (κ3) is 2.87. The molecule has 0 aliphatic heterocycles. The number of rotatable bonds is 2. The third-order valence-electron chi connectivity index (χ3n) is 6.63. The number of benzene rings is 2. The van der Waals surface area contributed by atoms with Crippen molar-refractivity contribution in [2.75, 3.05) is 0 Å². The minimum absolute atomic E-state index is 1.02. The van der Waals surface area contributed by atoms with E-state index in [0.29, 0.717) is 0 Å². The summed E-state index contributed by atoms with van der Waals surface area (Å²) in [6.45, 7) is 6.61. The van der Waals surface area contributed by atoms with Crippen LogP contribution in [0.2, 0.25) is 0 Å². The van der Waals surface area contributed by atoms with Gasteiger partial charge in [-0.15, -0.1) is 0 Å². The van der Waals surface area contributed by atoms with Crippen molar-refractivity contribution in [2.45, 2.75) is 27.2 Å². The second-order valence-electron chi connectivity index (χ2n) is 8.65. The number of aromatic nitrogens is 2. The predicted octanol–water partition coefficient (Wildman–Crippen LogP) is 5.17. The average Bonchev–Trinajstić information content (AvgIpc) is 3.08. The molecule has 5 rings (SSSR count). The van der Waals surface area contributed by atoms with Crippen molar-refractivity contribution < 1.29 is 9.13 Å². The van der Waals surface area contributed by atoms with Crippen LogP contribution in [-0.2, 0) is 20.5 Å². The van der Waals surface area contributed by atoms with Crippen LogP contribution < -0.4 is 9.13 Å². The Morgan fingerprint density at radius 1 is 0.667 bits per heavy atom. The summed E-state index contributed by atoms with van der Waals surface area (Å²) in [5.41, 5.74) is 14.6. The lowest BCUT2D eigenvalue weighted by molar-refractivity contribution is -0.685. The first-order valence-corrected chi connectivity index (χ1v) is 10.6. The van der Waals surface area contributed by atoms with E-state index < -0.39 is 0 Å². The standard InChI is InChI=1S/C28H28N2/c1-18-13-19(2)20(3)24(14-18)26-11-8-12-27(30(26)5)28-16-25-22(17-29(28)4)15-21-9-6-7-10-23(21)25/h6-14,16-17H,15H2,1-5H3/q+2. The summed E-state index contributed by atoms with van der Waals surface area (Å²) in [7, 11) is 4.34. The Kier molecular flexibility index (Phi) is 4.32. The Morgan fingerprint density at radius 2 is 1.43 bits per heavy atom. The molecule has 0 N–H and O–H groups in total. The SMILES string of the molecule is Cc1cc(C)c(C)c(-c2cccc(-c3cc4c(c[n+]3C)Cc3ccccc3-4)[n+]2C)c1. The van der Waals surface area contributed by atoms with Gasteiger partial charge >= 0.3 is 0 Å². The lowest BCUT2D eigenvalue weighted by atomic mass is 9.97. The molecular weight excluding hydrogens is 364 g/mol. The fourth-order valence-electron chi connectivity index (χ4n) is 4.91. The monoisotopic (exact) mass is 392 g/mol. The lowest BCUT2D eigenvalue weighted by Crippen LogP contribution is -2.40. The third-order valence-corrected chi connectivity index (χ3v) is 6.63. The van der Waals surface area contributed by atoms with E-state index in [-0.39, 0.29) is 0 Å². The zero-order valence-electron chi connectivity index (χ0n) is 18.5. The van der Waals surface area contributed by atoms with E-state index in [2.05, 4.69) is 111 Å². The van der Waals surface area contributed by atoms with Gasteiger partial charge < -0.3 is 0 Å². The summed E-state index contributed by atoms with van der Waals surface area (Å²) in [6, 6.07) is 22.4. The molecule has 148 valence electrons. The molecule has 0 saturated heterocycles. The summed E-state index contributed by atoms with van der Waals surface area (Å²) >= 11 is 0. The van der Waals surface area contributed by atoms with Crippen LogP contribution in [0.25, 0.3) is 33.8 Å². The molecule has 0 unspecified atom stereocenters. The highest BCUT2D eigenvalue weighted by Gasteiger charge is 2.28. The molecule has 0 amide bonds. The summed E-state index contributed by atoms with van der Waals surface area (Å²) < 4.78 is 4.61. The van der Waals surface area contributed by atoms with Gasteiger partial charge in [-0.1, -0.05) is 35.9 Å². The van der Waals surface area contributed by atoms with Crippen LogP contribution in [0, 0.1) is 20.8 Å². The minimum atomic E-state index is 1.02. The van der Waals surface area contributed by atoms with E-state index in [9.17, 15) is 0 Å². The Balaban J connectivity index is 1.70. The van der Waals surface area contributed by atoms with Crippen LogP contribution in [-0.4, -0.2) is 0 Å². The van der Waals surface area contributed by atoms with Gasteiger partial charge in [-0.05, 0) is 60.7 Å². The fourth-order valence-corrected chi connectivity index (χ4v) is 4.91. The van der Waals surface area contributed by atoms with Gasteiger partial charge in [0, 0.05) is 35.7 Å². The van der Waals surface area contributed by atoms with Crippen molar-refractivity contribution in [3.63, 3.8) is 0 Å². The minimum Gasteiger partial charge on any atom is -0.196 e. The lowest BCUT2D eigenvalue weighted by Gasteiger charge is -2.11. The van der Waals surface area contributed by atoms with Gasteiger partial charge in [0.1, 0.15) is 14.1 Å². The van der Waals surface area contributed by atoms with E-state index in [1.165, 1.54) is 61.6 Å². The van der Waals surface area contributed by atoms with Gasteiger partial charge in [-0.2, -0.15) is 9.13 Å². The summed E-state index contributed by atoms with van der Waals surface area (Å²) in [5.74, 6) is 0. The number of aryl methyl sites for hydroxylation is 3. The van der Waals surface area contributed by atoms with E-state index in [4.69, 9.17) is 0 Å². The highest BCUT2D eigenvalue weighted by atomic mass is 15.0. The van der Waals surface area contributed by atoms with Crippen molar-refractivity contribution in [3.8, 4) is 33.8 Å². The molecule has 0 atom stereocenters. The first-order valence-electron chi connectivity index (χ1n) is 10.6. The predicted molar refractivity (Wildman–Crippen MR) is 122 cm³/mol. The van der Waals surface area contributed by atoms with Crippen molar-refractivity contribution in [1.29, 1.82) is 0 Å². The normalized spacial score (nSPS) is 12.0. The van der Waals surface area contributed by atoms with Crippen LogP contribution in [0.15, 0.2) is 66.9 Å². The van der Waals surface area contributed by atoms with Gasteiger partial charge in [0.05, 0.1) is 0 Å². The van der Waals surface area contributed by atoms with Gasteiger partial charge in [0.25, 0.3) is 11.4 Å². The number of fused-ring (bicyclic) bond motifs is 3. The van der Waals surface area contributed by atoms with Gasteiger partial charge in [0.15, 0.2) is 6.20 Å². The largest absolute Gasteiger partial charge is 0.277 e. The second kappa shape index (κ2) is 6.91. The molecule has 0 spiro atoms. The maximum Gasteiger partial charge on any atom is 0.277 e. The molecule has 4 aromatic rings. The zero-order chi connectivity index (χ0) is 21.0.